The number of rotatable bonds is 8. The van der Waals surface area contributed by atoms with Crippen molar-refractivity contribution in [1.82, 2.24) is 9.88 Å². The van der Waals surface area contributed by atoms with Crippen molar-refractivity contribution in [2.45, 2.75) is 18.4 Å². The van der Waals surface area contributed by atoms with Crippen LogP contribution in [0.1, 0.15) is 22.8 Å². The molecule has 10 heteroatoms. The minimum absolute atomic E-state index is 0.0813. The van der Waals surface area contributed by atoms with Gasteiger partial charge in [-0.1, -0.05) is 24.3 Å². The second-order valence-corrected chi connectivity index (χ2v) is 9.97. The molecule has 1 saturated heterocycles. The summed E-state index contributed by atoms with van der Waals surface area (Å²) in [6, 6.07) is 18.4. The van der Waals surface area contributed by atoms with Crippen LogP contribution in [0.25, 0.3) is 22.6 Å². The highest BCUT2D eigenvalue weighted by molar-refractivity contribution is 7.87. The molecule has 0 spiro atoms. The standard InChI is InChI=1S/C27H26N2O7S/c1-2-34-27(30)21-7-3-6-10-25(21)37(31,32)36-23-12-11-19(17-20(23)18-29-13-15-33-16-14-29)26-28-22-8-4-5-9-24(22)35-26/h3-12,17H,2,13-16,18H2,1H3. The zero-order chi connectivity index (χ0) is 25.8. The summed E-state index contributed by atoms with van der Waals surface area (Å²) in [4.78, 5) is 18.8. The number of esters is 1. The minimum Gasteiger partial charge on any atom is -0.462 e. The number of nitrogens with zero attached hydrogens (tertiary/aromatic N) is 2. The smallest absolute Gasteiger partial charge is 0.340 e. The Morgan fingerprint density at radius 3 is 2.57 bits per heavy atom. The molecule has 0 bridgehead atoms. The average molecular weight is 523 g/mol. The lowest BCUT2D eigenvalue weighted by atomic mass is 10.1. The Balaban J connectivity index is 1.52. The molecule has 1 aliphatic rings. The fourth-order valence-corrected chi connectivity index (χ4v) is 5.29. The maximum Gasteiger partial charge on any atom is 0.340 e. The predicted molar refractivity (Wildman–Crippen MR) is 136 cm³/mol. The van der Waals surface area contributed by atoms with Crippen LogP contribution in [0.4, 0.5) is 0 Å². The summed E-state index contributed by atoms with van der Waals surface area (Å²) < 4.78 is 48.7. The summed E-state index contributed by atoms with van der Waals surface area (Å²) in [5.74, 6) is -0.151. The van der Waals surface area contributed by atoms with Crippen LogP contribution in [0.2, 0.25) is 0 Å². The molecule has 3 aromatic carbocycles. The summed E-state index contributed by atoms with van der Waals surface area (Å²) in [5, 5.41) is 0. The van der Waals surface area contributed by atoms with Crippen LogP contribution in [-0.4, -0.2) is 57.2 Å². The van der Waals surface area contributed by atoms with Crippen molar-refractivity contribution in [2.75, 3.05) is 32.9 Å². The molecule has 5 rings (SSSR count). The normalized spacial score (nSPS) is 14.5. The van der Waals surface area contributed by atoms with E-state index in [0.717, 1.165) is 5.52 Å². The zero-order valence-corrected chi connectivity index (χ0v) is 21.1. The molecule has 9 nitrogen and oxygen atoms in total. The number of hydrogen-bond donors (Lipinski definition) is 0. The predicted octanol–water partition coefficient (Wildman–Crippen LogP) is 4.27. The van der Waals surface area contributed by atoms with E-state index in [1.54, 1.807) is 25.1 Å². The van der Waals surface area contributed by atoms with Crippen LogP contribution in [0.15, 0.2) is 76.0 Å². The van der Waals surface area contributed by atoms with Crippen LogP contribution in [0.3, 0.4) is 0 Å². The fraction of sp³-hybridized carbons (Fsp3) is 0.259. The minimum atomic E-state index is -4.35. The van der Waals surface area contributed by atoms with Crippen LogP contribution < -0.4 is 4.18 Å². The zero-order valence-electron chi connectivity index (χ0n) is 20.3. The van der Waals surface area contributed by atoms with Gasteiger partial charge < -0.3 is 18.1 Å². The number of oxazole rings is 1. The highest BCUT2D eigenvalue weighted by Gasteiger charge is 2.27. The average Bonchev–Trinajstić information content (AvgIpc) is 3.35. The number of ether oxygens (including phenoxy) is 2. The lowest BCUT2D eigenvalue weighted by Gasteiger charge is -2.27. The molecule has 0 atom stereocenters. The first kappa shape index (κ1) is 24.9. The second kappa shape index (κ2) is 10.7. The highest BCUT2D eigenvalue weighted by Crippen LogP contribution is 2.32. The van der Waals surface area contributed by atoms with E-state index in [2.05, 4.69) is 9.88 Å². The molecule has 1 aromatic heterocycles. The Bertz CT molecular complexity index is 1490. The van der Waals surface area contributed by atoms with Crippen molar-refractivity contribution in [3.63, 3.8) is 0 Å². The third-order valence-corrected chi connectivity index (χ3v) is 7.24. The summed E-state index contributed by atoms with van der Waals surface area (Å²) in [6.45, 7) is 4.78. The third-order valence-electron chi connectivity index (χ3n) is 5.95. The van der Waals surface area contributed by atoms with Gasteiger partial charge in [0.2, 0.25) is 5.89 Å². The first-order valence-electron chi connectivity index (χ1n) is 11.9. The van der Waals surface area contributed by atoms with Crippen molar-refractivity contribution < 1.29 is 31.3 Å². The van der Waals surface area contributed by atoms with E-state index in [0.29, 0.717) is 55.4 Å². The maximum atomic E-state index is 13.4. The summed E-state index contributed by atoms with van der Waals surface area (Å²) >= 11 is 0. The number of benzene rings is 3. The highest BCUT2D eigenvalue weighted by atomic mass is 32.2. The van der Waals surface area contributed by atoms with Gasteiger partial charge in [0.05, 0.1) is 25.4 Å². The van der Waals surface area contributed by atoms with E-state index in [1.807, 2.05) is 30.3 Å². The van der Waals surface area contributed by atoms with Gasteiger partial charge in [-0.15, -0.1) is 0 Å². The van der Waals surface area contributed by atoms with Gasteiger partial charge in [-0.05, 0) is 49.4 Å². The van der Waals surface area contributed by atoms with Gasteiger partial charge in [0.25, 0.3) is 0 Å². The van der Waals surface area contributed by atoms with Crippen LogP contribution in [0.5, 0.6) is 5.75 Å². The molecule has 2 heterocycles. The van der Waals surface area contributed by atoms with Crippen molar-refractivity contribution in [1.29, 1.82) is 0 Å². The van der Waals surface area contributed by atoms with E-state index < -0.39 is 16.1 Å². The molecule has 192 valence electrons. The Hall–Kier alpha value is -3.73. The van der Waals surface area contributed by atoms with Crippen molar-refractivity contribution in [2.24, 2.45) is 0 Å². The van der Waals surface area contributed by atoms with Gasteiger partial charge in [0.15, 0.2) is 5.58 Å². The summed E-state index contributed by atoms with van der Waals surface area (Å²) in [6.07, 6.45) is 0. The van der Waals surface area contributed by atoms with E-state index >= 15 is 0 Å². The van der Waals surface area contributed by atoms with E-state index in [1.165, 1.54) is 18.2 Å². The largest absolute Gasteiger partial charge is 0.462 e. The van der Waals surface area contributed by atoms with Gasteiger partial charge >= 0.3 is 16.1 Å². The van der Waals surface area contributed by atoms with Crippen LogP contribution in [-0.2, 0) is 26.1 Å². The number of morpholine rings is 1. The molecule has 0 aliphatic carbocycles. The number of fused-ring (bicyclic) bond motifs is 1. The summed E-state index contributed by atoms with van der Waals surface area (Å²) in [7, 11) is -4.35. The number of carbonyl (C=O) groups is 1. The molecule has 1 fully saturated rings. The Morgan fingerprint density at radius 2 is 1.78 bits per heavy atom. The number of carbonyl (C=O) groups excluding carboxylic acids is 1. The molecule has 0 radical (unpaired) electrons. The van der Waals surface area contributed by atoms with Crippen molar-refractivity contribution in [3.8, 4) is 17.2 Å². The molecular formula is C27H26N2O7S. The maximum absolute atomic E-state index is 13.4. The van der Waals surface area contributed by atoms with Crippen LogP contribution in [0, 0.1) is 0 Å². The number of aromatic nitrogens is 1. The lowest BCUT2D eigenvalue weighted by Crippen LogP contribution is -2.35. The second-order valence-electron chi connectivity index (χ2n) is 8.45. The third kappa shape index (κ3) is 5.51. The molecule has 0 amide bonds. The molecule has 0 N–H and O–H groups in total. The summed E-state index contributed by atoms with van der Waals surface area (Å²) in [5.41, 5.74) is 2.63. The monoisotopic (exact) mass is 522 g/mol. The molecular weight excluding hydrogens is 496 g/mol. The Labute approximate surface area is 214 Å². The number of para-hydroxylation sites is 2. The topological polar surface area (TPSA) is 108 Å². The van der Waals surface area contributed by atoms with Gasteiger partial charge in [-0.25, -0.2) is 9.78 Å². The first-order valence-corrected chi connectivity index (χ1v) is 13.3. The van der Waals surface area contributed by atoms with Crippen LogP contribution >= 0.6 is 0 Å². The van der Waals surface area contributed by atoms with E-state index in [9.17, 15) is 13.2 Å². The molecule has 4 aromatic rings. The number of hydrogen-bond acceptors (Lipinski definition) is 9. The molecule has 0 unspecified atom stereocenters. The first-order chi connectivity index (χ1) is 17.9. The van der Waals surface area contributed by atoms with Crippen molar-refractivity contribution >= 4 is 27.2 Å². The molecule has 37 heavy (non-hydrogen) atoms. The van der Waals surface area contributed by atoms with Gasteiger partial charge in [0, 0.05) is 30.8 Å². The van der Waals surface area contributed by atoms with E-state index in [4.69, 9.17) is 18.1 Å². The van der Waals surface area contributed by atoms with Gasteiger partial charge in [-0.2, -0.15) is 8.42 Å². The van der Waals surface area contributed by atoms with Gasteiger partial charge in [-0.3, -0.25) is 4.90 Å². The van der Waals surface area contributed by atoms with Crippen molar-refractivity contribution in [3.05, 3.63) is 77.9 Å². The SMILES string of the molecule is CCOC(=O)c1ccccc1S(=O)(=O)Oc1ccc(-c2nc3ccccc3o2)cc1CN1CCOCC1. The fourth-order valence-electron chi connectivity index (χ4n) is 4.14. The Kier molecular flexibility index (Phi) is 7.22. The van der Waals surface area contributed by atoms with E-state index in [-0.39, 0.29) is 22.8 Å². The Morgan fingerprint density at radius 1 is 1.03 bits per heavy atom. The quantitative estimate of drug-likeness (QED) is 0.248. The van der Waals surface area contributed by atoms with Gasteiger partial charge in [0.1, 0.15) is 16.2 Å². The molecule has 0 saturated carbocycles. The lowest BCUT2D eigenvalue weighted by molar-refractivity contribution is 0.0340. The molecule has 1 aliphatic heterocycles.